The smallest absolute Gasteiger partial charge is 0.256 e. The van der Waals surface area contributed by atoms with Crippen LogP contribution in [0.15, 0.2) is 41.6 Å². The molecule has 26 heavy (non-hydrogen) atoms. The third-order valence-electron chi connectivity index (χ3n) is 3.81. The fourth-order valence-electron chi connectivity index (χ4n) is 2.60. The van der Waals surface area contributed by atoms with E-state index in [9.17, 15) is 0 Å². The Morgan fingerprint density at radius 1 is 1.15 bits per heavy atom. The molecule has 0 radical (unpaired) electrons. The Hall–Kier alpha value is -2.65. The molecule has 0 bridgehead atoms. The molecular weight excluding hydrogens is 372 g/mol. The molecule has 3 aromatic heterocycles. The number of benzene rings is 1. The van der Waals surface area contributed by atoms with Gasteiger partial charge in [-0.1, -0.05) is 40.6 Å². The number of aromatic nitrogens is 7. The molecule has 0 amide bonds. The Bertz CT molecular complexity index is 1070. The van der Waals surface area contributed by atoms with E-state index in [1.54, 1.807) is 23.5 Å². The first kappa shape index (κ1) is 16.8. The maximum absolute atomic E-state index is 6.43. The van der Waals surface area contributed by atoms with E-state index in [1.165, 1.54) is 0 Å². The number of rotatable bonds is 5. The number of tetrazole rings is 1. The van der Waals surface area contributed by atoms with Crippen LogP contribution in [0, 0.1) is 0 Å². The van der Waals surface area contributed by atoms with Gasteiger partial charge in [0, 0.05) is 19.8 Å². The molecule has 132 valence electrons. The average Bonchev–Trinajstić information content (AvgIpc) is 3.23. The second-order valence-corrected chi connectivity index (χ2v) is 6.84. The summed E-state index contributed by atoms with van der Waals surface area (Å²) in [6.45, 7) is 0. The van der Waals surface area contributed by atoms with E-state index < -0.39 is 0 Å². The summed E-state index contributed by atoms with van der Waals surface area (Å²) in [6, 6.07) is 11.5. The number of imidazole rings is 1. The minimum atomic E-state index is 0.556. The number of pyridine rings is 1. The van der Waals surface area contributed by atoms with Gasteiger partial charge in [-0.3, -0.25) is 4.57 Å². The number of fused-ring (bicyclic) bond motifs is 1. The van der Waals surface area contributed by atoms with Crippen LogP contribution in [0.4, 0.5) is 5.82 Å². The first-order valence-corrected chi connectivity index (χ1v) is 9.20. The van der Waals surface area contributed by atoms with Gasteiger partial charge in [0.05, 0.1) is 21.7 Å². The minimum Gasteiger partial charge on any atom is -0.373 e. The molecule has 1 N–H and O–H groups in total. The first-order chi connectivity index (χ1) is 12.7. The molecule has 0 unspecified atom stereocenters. The second-order valence-electron chi connectivity index (χ2n) is 5.49. The molecule has 0 aliphatic rings. The molecule has 0 fully saturated rings. The van der Waals surface area contributed by atoms with Crippen LogP contribution in [0.1, 0.15) is 5.69 Å². The Balaban J connectivity index is 1.77. The van der Waals surface area contributed by atoms with Crippen LogP contribution in [-0.2, 0) is 12.8 Å². The second kappa shape index (κ2) is 6.93. The van der Waals surface area contributed by atoms with Crippen LogP contribution in [0.5, 0.6) is 0 Å². The molecule has 3 heterocycles. The lowest BCUT2D eigenvalue weighted by atomic mass is 10.3. The van der Waals surface area contributed by atoms with E-state index in [-0.39, 0.29) is 0 Å². The summed E-state index contributed by atoms with van der Waals surface area (Å²) in [4.78, 5) is 9.26. The number of nitrogens with zero attached hydrogens (tertiary/aromatic N) is 7. The average molecular weight is 387 g/mol. The van der Waals surface area contributed by atoms with Crippen molar-refractivity contribution in [3.8, 4) is 5.95 Å². The fraction of sp³-hybridized carbons (Fsp3) is 0.188. The van der Waals surface area contributed by atoms with Crippen molar-refractivity contribution >= 4 is 40.2 Å². The summed E-state index contributed by atoms with van der Waals surface area (Å²) in [6.07, 6.45) is 0. The van der Waals surface area contributed by atoms with Crippen LogP contribution < -0.4 is 5.32 Å². The number of para-hydroxylation sites is 1. The van der Waals surface area contributed by atoms with Gasteiger partial charge in [0.1, 0.15) is 5.82 Å². The van der Waals surface area contributed by atoms with E-state index in [0.717, 1.165) is 27.7 Å². The molecule has 0 aliphatic carbocycles. The number of aryl methyl sites for hydroxylation is 1. The van der Waals surface area contributed by atoms with E-state index in [2.05, 4.69) is 25.8 Å². The number of nitrogens with one attached hydrogen (secondary N) is 1. The van der Waals surface area contributed by atoms with Crippen LogP contribution in [-0.4, -0.2) is 41.8 Å². The molecule has 8 nitrogen and oxygen atoms in total. The van der Waals surface area contributed by atoms with Crippen LogP contribution in [0.2, 0.25) is 5.02 Å². The van der Waals surface area contributed by atoms with Gasteiger partial charge in [0.15, 0.2) is 5.16 Å². The Labute approximate surface area is 158 Å². The summed E-state index contributed by atoms with van der Waals surface area (Å²) >= 11 is 7.99. The van der Waals surface area contributed by atoms with Gasteiger partial charge in [-0.25, -0.2) is 14.6 Å². The van der Waals surface area contributed by atoms with Crippen molar-refractivity contribution in [2.75, 3.05) is 12.4 Å². The molecule has 4 aromatic rings. The van der Waals surface area contributed by atoms with Gasteiger partial charge in [-0.2, -0.15) is 0 Å². The summed E-state index contributed by atoms with van der Waals surface area (Å²) in [7, 11) is 3.63. The topological polar surface area (TPSA) is 86.3 Å². The molecule has 0 aliphatic heterocycles. The lowest BCUT2D eigenvalue weighted by Crippen LogP contribution is -2.06. The number of anilines is 1. The Morgan fingerprint density at radius 2 is 2.00 bits per heavy atom. The van der Waals surface area contributed by atoms with Crippen molar-refractivity contribution in [1.82, 2.24) is 34.7 Å². The van der Waals surface area contributed by atoms with Crippen molar-refractivity contribution in [2.45, 2.75) is 10.9 Å². The van der Waals surface area contributed by atoms with E-state index in [0.29, 0.717) is 16.7 Å². The van der Waals surface area contributed by atoms with Crippen molar-refractivity contribution in [2.24, 2.45) is 7.05 Å². The highest BCUT2D eigenvalue weighted by atomic mass is 35.5. The van der Waals surface area contributed by atoms with Crippen LogP contribution >= 0.6 is 23.4 Å². The summed E-state index contributed by atoms with van der Waals surface area (Å²) in [5.41, 5.74) is 2.52. The molecule has 0 atom stereocenters. The van der Waals surface area contributed by atoms with E-state index in [4.69, 9.17) is 16.6 Å². The van der Waals surface area contributed by atoms with E-state index in [1.807, 2.05) is 48.0 Å². The van der Waals surface area contributed by atoms with Gasteiger partial charge >= 0.3 is 0 Å². The molecule has 4 rings (SSSR count). The summed E-state index contributed by atoms with van der Waals surface area (Å²) < 4.78 is 3.47. The predicted molar refractivity (Wildman–Crippen MR) is 102 cm³/mol. The number of hydrogen-bond acceptors (Lipinski definition) is 7. The van der Waals surface area contributed by atoms with Gasteiger partial charge in [0.25, 0.3) is 5.95 Å². The normalized spacial score (nSPS) is 11.2. The Morgan fingerprint density at radius 3 is 2.77 bits per heavy atom. The fourth-order valence-corrected chi connectivity index (χ4v) is 3.76. The monoisotopic (exact) mass is 386 g/mol. The lowest BCUT2D eigenvalue weighted by molar-refractivity contribution is 0.682. The highest BCUT2D eigenvalue weighted by Gasteiger charge is 2.19. The van der Waals surface area contributed by atoms with Gasteiger partial charge in [-0.05, 0) is 34.7 Å². The minimum absolute atomic E-state index is 0.556. The summed E-state index contributed by atoms with van der Waals surface area (Å²) in [5, 5.41) is 16.2. The van der Waals surface area contributed by atoms with Gasteiger partial charge in [0.2, 0.25) is 0 Å². The lowest BCUT2D eigenvalue weighted by Gasteiger charge is -2.08. The largest absolute Gasteiger partial charge is 0.373 e. The van der Waals surface area contributed by atoms with Crippen LogP contribution in [0.3, 0.4) is 0 Å². The van der Waals surface area contributed by atoms with Crippen molar-refractivity contribution in [3.05, 3.63) is 47.1 Å². The maximum Gasteiger partial charge on any atom is 0.256 e. The number of thioether (sulfide) groups is 1. The molecular formula is C16H15ClN8S. The highest BCUT2D eigenvalue weighted by Crippen LogP contribution is 2.32. The third kappa shape index (κ3) is 2.99. The van der Waals surface area contributed by atoms with E-state index >= 15 is 0 Å². The first-order valence-electron chi connectivity index (χ1n) is 7.83. The van der Waals surface area contributed by atoms with Gasteiger partial charge < -0.3 is 5.32 Å². The number of hydrogen-bond donors (Lipinski definition) is 1. The zero-order valence-electron chi connectivity index (χ0n) is 14.1. The number of halogens is 1. The van der Waals surface area contributed by atoms with Crippen LogP contribution in [0.25, 0.3) is 17.0 Å². The standard InChI is InChI=1S/C16H15ClN8S/c1-18-13-8-3-5-10(19-13)9-26-16-20-12-7-4-6-11(17)14(12)25(16)15-21-22-23-24(15)2/h3-8H,9H2,1-2H3,(H,18,19). The van der Waals surface area contributed by atoms with Crippen molar-refractivity contribution in [1.29, 1.82) is 0 Å². The van der Waals surface area contributed by atoms with Crippen molar-refractivity contribution in [3.63, 3.8) is 0 Å². The Kier molecular flexibility index (Phi) is 4.48. The predicted octanol–water partition coefficient (Wildman–Crippen LogP) is 2.93. The zero-order valence-corrected chi connectivity index (χ0v) is 15.7. The van der Waals surface area contributed by atoms with Gasteiger partial charge in [-0.15, -0.1) is 0 Å². The maximum atomic E-state index is 6.43. The molecule has 0 saturated carbocycles. The SMILES string of the molecule is CNc1cccc(CSc2nc3cccc(Cl)c3n2-c2nnnn2C)n1. The highest BCUT2D eigenvalue weighted by molar-refractivity contribution is 7.98. The summed E-state index contributed by atoms with van der Waals surface area (Å²) in [5.74, 6) is 2.04. The third-order valence-corrected chi connectivity index (χ3v) is 5.08. The zero-order chi connectivity index (χ0) is 18.1. The molecule has 10 heteroatoms. The molecule has 1 aromatic carbocycles. The molecule has 0 spiro atoms. The molecule has 0 saturated heterocycles. The quantitative estimate of drug-likeness (QED) is 0.527. The van der Waals surface area contributed by atoms with Crippen molar-refractivity contribution < 1.29 is 0 Å².